The SMILES string of the molecule is CO[C@@H]1O[C@H](C)[C@@H](OC)[C@@H](O)[C@@H]1O. The first-order valence-electron chi connectivity index (χ1n) is 4.19. The third-order valence-electron chi connectivity index (χ3n) is 2.28. The first kappa shape index (κ1) is 10.9. The standard InChI is InChI=1S/C8H16O5/c1-4-7(11-2)5(9)6(10)8(12-3)13-4/h4-10H,1-3H3/t4-,5+,6+,7-,8-/m1/s1. The zero-order chi connectivity index (χ0) is 10.0. The van der Waals surface area contributed by atoms with E-state index in [1.807, 2.05) is 0 Å². The molecule has 5 nitrogen and oxygen atoms in total. The molecule has 1 aliphatic rings. The van der Waals surface area contributed by atoms with E-state index < -0.39 is 24.6 Å². The van der Waals surface area contributed by atoms with E-state index in [1.165, 1.54) is 14.2 Å². The van der Waals surface area contributed by atoms with Crippen molar-refractivity contribution in [2.45, 2.75) is 37.6 Å². The molecule has 5 heteroatoms. The van der Waals surface area contributed by atoms with Crippen molar-refractivity contribution in [1.82, 2.24) is 0 Å². The lowest BCUT2D eigenvalue weighted by Crippen LogP contribution is -2.57. The van der Waals surface area contributed by atoms with Crippen LogP contribution in [0.15, 0.2) is 0 Å². The van der Waals surface area contributed by atoms with Crippen molar-refractivity contribution in [2.24, 2.45) is 0 Å². The molecule has 0 aromatic carbocycles. The van der Waals surface area contributed by atoms with Gasteiger partial charge in [0.1, 0.15) is 18.3 Å². The van der Waals surface area contributed by atoms with Gasteiger partial charge in [-0.05, 0) is 6.92 Å². The fourth-order valence-corrected chi connectivity index (χ4v) is 1.53. The molecule has 13 heavy (non-hydrogen) atoms. The molecule has 2 N–H and O–H groups in total. The van der Waals surface area contributed by atoms with E-state index in [2.05, 4.69) is 0 Å². The van der Waals surface area contributed by atoms with Crippen molar-refractivity contribution in [1.29, 1.82) is 0 Å². The molecule has 1 saturated heterocycles. The minimum Gasteiger partial charge on any atom is -0.387 e. The summed E-state index contributed by atoms with van der Waals surface area (Å²) in [4.78, 5) is 0. The second kappa shape index (κ2) is 4.34. The van der Waals surface area contributed by atoms with E-state index in [9.17, 15) is 10.2 Å². The average molecular weight is 192 g/mol. The first-order valence-corrected chi connectivity index (χ1v) is 4.19. The molecule has 1 heterocycles. The average Bonchev–Trinajstić information content (AvgIpc) is 2.12. The van der Waals surface area contributed by atoms with Crippen LogP contribution in [0.1, 0.15) is 6.92 Å². The molecule has 1 aliphatic heterocycles. The molecule has 0 amide bonds. The summed E-state index contributed by atoms with van der Waals surface area (Å²) in [6, 6.07) is 0. The Balaban J connectivity index is 2.66. The highest BCUT2D eigenvalue weighted by Gasteiger charge is 2.42. The second-order valence-electron chi connectivity index (χ2n) is 3.13. The number of hydrogen-bond acceptors (Lipinski definition) is 5. The van der Waals surface area contributed by atoms with Crippen molar-refractivity contribution in [3.05, 3.63) is 0 Å². The lowest BCUT2D eigenvalue weighted by Gasteiger charge is -2.39. The summed E-state index contributed by atoms with van der Waals surface area (Å²) in [7, 11) is 2.88. The van der Waals surface area contributed by atoms with Gasteiger partial charge in [-0.3, -0.25) is 0 Å². The van der Waals surface area contributed by atoms with E-state index in [4.69, 9.17) is 14.2 Å². The predicted molar refractivity (Wildman–Crippen MR) is 44.2 cm³/mol. The molecule has 0 radical (unpaired) electrons. The molecule has 0 saturated carbocycles. The Morgan fingerprint density at radius 1 is 1.08 bits per heavy atom. The maximum absolute atomic E-state index is 9.57. The first-order chi connectivity index (χ1) is 6.11. The number of ether oxygens (including phenoxy) is 3. The van der Waals surface area contributed by atoms with Crippen LogP contribution in [0.2, 0.25) is 0 Å². The third-order valence-corrected chi connectivity index (χ3v) is 2.28. The number of rotatable bonds is 2. The van der Waals surface area contributed by atoms with Crippen LogP contribution in [0.4, 0.5) is 0 Å². The van der Waals surface area contributed by atoms with Crippen LogP contribution in [0.25, 0.3) is 0 Å². The monoisotopic (exact) mass is 192 g/mol. The Hall–Kier alpha value is -0.200. The third kappa shape index (κ3) is 2.00. The van der Waals surface area contributed by atoms with E-state index in [1.54, 1.807) is 6.92 Å². The maximum Gasteiger partial charge on any atom is 0.186 e. The molecule has 0 aliphatic carbocycles. The normalized spacial score (nSPS) is 46.4. The summed E-state index contributed by atoms with van der Waals surface area (Å²) in [5.41, 5.74) is 0. The van der Waals surface area contributed by atoms with Crippen LogP contribution in [0, 0.1) is 0 Å². The van der Waals surface area contributed by atoms with E-state index in [0.29, 0.717) is 0 Å². The summed E-state index contributed by atoms with van der Waals surface area (Å²) < 4.78 is 15.1. The Morgan fingerprint density at radius 3 is 2.15 bits per heavy atom. The summed E-state index contributed by atoms with van der Waals surface area (Å²) in [5, 5.41) is 19.1. The molecule has 1 rings (SSSR count). The molecule has 0 spiro atoms. The molecule has 0 aromatic rings. The lowest BCUT2D eigenvalue weighted by atomic mass is 10.00. The summed E-state index contributed by atoms with van der Waals surface area (Å²) in [5.74, 6) is 0. The zero-order valence-electron chi connectivity index (χ0n) is 8.01. The van der Waals surface area contributed by atoms with Crippen LogP contribution in [0.5, 0.6) is 0 Å². The molecule has 0 unspecified atom stereocenters. The van der Waals surface area contributed by atoms with E-state index in [0.717, 1.165) is 0 Å². The second-order valence-corrected chi connectivity index (χ2v) is 3.13. The van der Waals surface area contributed by atoms with Gasteiger partial charge in [0, 0.05) is 14.2 Å². The van der Waals surface area contributed by atoms with Gasteiger partial charge in [-0.1, -0.05) is 0 Å². The van der Waals surface area contributed by atoms with Crippen molar-refractivity contribution < 1.29 is 24.4 Å². The highest BCUT2D eigenvalue weighted by Crippen LogP contribution is 2.22. The van der Waals surface area contributed by atoms with Gasteiger partial charge in [0.2, 0.25) is 0 Å². The van der Waals surface area contributed by atoms with Gasteiger partial charge < -0.3 is 24.4 Å². The Morgan fingerprint density at radius 2 is 1.69 bits per heavy atom. The fourth-order valence-electron chi connectivity index (χ4n) is 1.53. The zero-order valence-corrected chi connectivity index (χ0v) is 8.01. The number of aliphatic hydroxyl groups is 2. The van der Waals surface area contributed by atoms with Crippen LogP contribution in [0.3, 0.4) is 0 Å². The molecular weight excluding hydrogens is 176 g/mol. The maximum atomic E-state index is 9.57. The van der Waals surface area contributed by atoms with Gasteiger partial charge in [0.15, 0.2) is 6.29 Å². The topological polar surface area (TPSA) is 68.2 Å². The smallest absolute Gasteiger partial charge is 0.186 e. The Labute approximate surface area is 77.2 Å². The van der Waals surface area contributed by atoms with Crippen molar-refractivity contribution in [3.8, 4) is 0 Å². The fraction of sp³-hybridized carbons (Fsp3) is 1.00. The Kier molecular flexibility index (Phi) is 3.63. The van der Waals surface area contributed by atoms with Gasteiger partial charge in [-0.15, -0.1) is 0 Å². The number of hydrogen-bond donors (Lipinski definition) is 2. The van der Waals surface area contributed by atoms with E-state index >= 15 is 0 Å². The quantitative estimate of drug-likeness (QED) is 0.594. The molecule has 78 valence electrons. The van der Waals surface area contributed by atoms with Crippen LogP contribution in [-0.4, -0.2) is 55.1 Å². The minimum absolute atomic E-state index is 0.298. The summed E-state index contributed by atoms with van der Waals surface area (Å²) in [6.45, 7) is 1.76. The van der Waals surface area contributed by atoms with Gasteiger partial charge in [-0.2, -0.15) is 0 Å². The van der Waals surface area contributed by atoms with Crippen LogP contribution >= 0.6 is 0 Å². The molecule has 0 bridgehead atoms. The van der Waals surface area contributed by atoms with Gasteiger partial charge in [0.05, 0.1) is 6.10 Å². The van der Waals surface area contributed by atoms with Crippen LogP contribution < -0.4 is 0 Å². The lowest BCUT2D eigenvalue weighted by molar-refractivity contribution is -0.289. The molecular formula is C8H16O5. The number of methoxy groups -OCH3 is 2. The highest BCUT2D eigenvalue weighted by atomic mass is 16.7. The minimum atomic E-state index is -1.06. The summed E-state index contributed by atoms with van der Waals surface area (Å²) in [6.07, 6.45) is -3.63. The molecule has 5 atom stereocenters. The van der Waals surface area contributed by atoms with Gasteiger partial charge >= 0.3 is 0 Å². The highest BCUT2D eigenvalue weighted by molar-refractivity contribution is 4.87. The molecule has 0 aromatic heterocycles. The van der Waals surface area contributed by atoms with Gasteiger partial charge in [0.25, 0.3) is 0 Å². The molecule has 1 fully saturated rings. The van der Waals surface area contributed by atoms with Gasteiger partial charge in [-0.25, -0.2) is 0 Å². The largest absolute Gasteiger partial charge is 0.387 e. The summed E-state index contributed by atoms with van der Waals surface area (Å²) >= 11 is 0. The number of aliphatic hydroxyl groups excluding tert-OH is 2. The van der Waals surface area contributed by atoms with Crippen molar-refractivity contribution in [3.63, 3.8) is 0 Å². The van der Waals surface area contributed by atoms with Crippen molar-refractivity contribution in [2.75, 3.05) is 14.2 Å². The van der Waals surface area contributed by atoms with Crippen molar-refractivity contribution >= 4 is 0 Å². The Bertz CT molecular complexity index is 163. The van der Waals surface area contributed by atoms with E-state index in [-0.39, 0.29) is 6.10 Å². The predicted octanol–water partition coefficient (Wildman–Crippen LogP) is -0.886. The van der Waals surface area contributed by atoms with Crippen LogP contribution in [-0.2, 0) is 14.2 Å².